The fourth-order valence-corrected chi connectivity index (χ4v) is 8.23. The van der Waals surface area contributed by atoms with Gasteiger partial charge in [0.2, 0.25) is 0 Å². The van der Waals surface area contributed by atoms with Crippen LogP contribution in [-0.2, 0) is 0 Å². The van der Waals surface area contributed by atoms with E-state index in [9.17, 15) is 0 Å². The summed E-state index contributed by atoms with van der Waals surface area (Å²) < 4.78 is 5.02. The predicted molar refractivity (Wildman–Crippen MR) is 210 cm³/mol. The highest BCUT2D eigenvalue weighted by Crippen LogP contribution is 2.41. The van der Waals surface area contributed by atoms with Crippen molar-refractivity contribution in [3.05, 3.63) is 193 Å². The van der Waals surface area contributed by atoms with E-state index in [1.165, 1.54) is 60.4 Å². The first-order chi connectivity index (χ1) is 24.8. The molecule has 0 N–H and O–H groups in total. The highest BCUT2D eigenvalue weighted by molar-refractivity contribution is 6.18. The average molecular weight is 642 g/mol. The number of hydrogen-bond donors (Lipinski definition) is 0. The zero-order valence-corrected chi connectivity index (χ0v) is 27.7. The van der Waals surface area contributed by atoms with Crippen molar-refractivity contribution in [1.82, 2.24) is 9.13 Å². The Morgan fingerprint density at radius 1 is 0.540 bits per heavy atom. The molecule has 2 unspecified atom stereocenters. The number of allylic oxidation sites excluding steroid dienone is 5. The number of fused-ring (bicyclic) bond motifs is 6. The summed E-state index contributed by atoms with van der Waals surface area (Å²) in [6.07, 6.45) is 13.2. The fraction of sp³-hybridized carbons (Fsp3) is 0.0851. The first-order valence-electron chi connectivity index (χ1n) is 17.6. The SMILES string of the molecule is C1=CCC(n2c3ccccc3c3cc4c5ccccc5n(-c5cccc(C6C=C(c7ccccc7)N=C(c7ccccc7)C6)c5)c4cc32)C=C1. The third kappa shape index (κ3) is 4.69. The zero-order chi connectivity index (χ0) is 33.0. The van der Waals surface area contributed by atoms with E-state index in [4.69, 9.17) is 4.99 Å². The Kier molecular flexibility index (Phi) is 6.76. The molecule has 0 saturated carbocycles. The van der Waals surface area contributed by atoms with Crippen LogP contribution < -0.4 is 0 Å². The summed E-state index contributed by atoms with van der Waals surface area (Å²) in [6, 6.07) is 53.3. The van der Waals surface area contributed by atoms with Gasteiger partial charge in [-0.25, -0.2) is 0 Å². The molecule has 1 aliphatic carbocycles. The van der Waals surface area contributed by atoms with Crippen LogP contribution in [0.1, 0.15) is 41.5 Å². The number of rotatable bonds is 5. The van der Waals surface area contributed by atoms with Crippen LogP contribution in [0.3, 0.4) is 0 Å². The smallest absolute Gasteiger partial charge is 0.0671 e. The molecule has 238 valence electrons. The van der Waals surface area contributed by atoms with Crippen LogP contribution in [0.25, 0.3) is 55.0 Å². The van der Waals surface area contributed by atoms with Crippen molar-refractivity contribution in [2.24, 2.45) is 4.99 Å². The molecule has 1 aliphatic heterocycles. The number of aromatic nitrogens is 2. The molecule has 0 saturated heterocycles. The molecule has 0 bridgehead atoms. The molecule has 0 fully saturated rings. The van der Waals surface area contributed by atoms with Crippen LogP contribution in [0.4, 0.5) is 0 Å². The Morgan fingerprint density at radius 2 is 1.24 bits per heavy atom. The quantitative estimate of drug-likeness (QED) is 0.178. The Labute approximate surface area is 291 Å². The van der Waals surface area contributed by atoms with Gasteiger partial charge in [0.15, 0.2) is 0 Å². The lowest BCUT2D eigenvalue weighted by atomic mass is 9.87. The molecule has 50 heavy (non-hydrogen) atoms. The lowest BCUT2D eigenvalue weighted by Gasteiger charge is -2.23. The van der Waals surface area contributed by atoms with Crippen molar-refractivity contribution in [2.45, 2.75) is 24.8 Å². The third-order valence-electron chi connectivity index (χ3n) is 10.6. The van der Waals surface area contributed by atoms with Gasteiger partial charge in [0.1, 0.15) is 0 Å². The minimum atomic E-state index is 0.186. The first-order valence-corrected chi connectivity index (χ1v) is 17.6. The number of benzene rings is 6. The van der Waals surface area contributed by atoms with Gasteiger partial charge in [0.25, 0.3) is 0 Å². The van der Waals surface area contributed by atoms with Crippen molar-refractivity contribution in [2.75, 3.05) is 0 Å². The first kappa shape index (κ1) is 28.8. The van der Waals surface area contributed by atoms with E-state index in [1.54, 1.807) is 0 Å². The maximum absolute atomic E-state index is 5.21. The molecule has 6 aromatic carbocycles. The molecule has 8 aromatic rings. The van der Waals surface area contributed by atoms with E-state index < -0.39 is 0 Å². The second kappa shape index (κ2) is 11.7. The molecule has 2 aromatic heterocycles. The molecule has 2 aliphatic rings. The van der Waals surface area contributed by atoms with Crippen molar-refractivity contribution >= 4 is 55.0 Å². The fourth-order valence-electron chi connectivity index (χ4n) is 8.23. The highest BCUT2D eigenvalue weighted by atomic mass is 15.0. The number of para-hydroxylation sites is 2. The molecule has 0 radical (unpaired) electrons. The van der Waals surface area contributed by atoms with E-state index >= 15 is 0 Å². The molecule has 10 rings (SSSR count). The lowest BCUT2D eigenvalue weighted by molar-refractivity contribution is 0.648. The largest absolute Gasteiger partial charge is 0.333 e. The minimum absolute atomic E-state index is 0.186. The summed E-state index contributed by atoms with van der Waals surface area (Å²) in [5.74, 6) is 0.186. The van der Waals surface area contributed by atoms with Gasteiger partial charge < -0.3 is 9.13 Å². The minimum Gasteiger partial charge on any atom is -0.333 e. The molecular weight excluding hydrogens is 607 g/mol. The summed E-state index contributed by atoms with van der Waals surface area (Å²) in [4.78, 5) is 5.21. The van der Waals surface area contributed by atoms with Crippen LogP contribution in [-0.4, -0.2) is 14.8 Å². The normalized spacial score (nSPS) is 17.5. The van der Waals surface area contributed by atoms with Crippen molar-refractivity contribution < 1.29 is 0 Å². The zero-order valence-electron chi connectivity index (χ0n) is 27.7. The molecule has 3 nitrogen and oxygen atoms in total. The summed E-state index contributed by atoms with van der Waals surface area (Å²) >= 11 is 0. The Morgan fingerprint density at radius 3 is 2.02 bits per heavy atom. The second-order valence-corrected chi connectivity index (χ2v) is 13.5. The summed E-state index contributed by atoms with van der Waals surface area (Å²) in [5.41, 5.74) is 12.0. The van der Waals surface area contributed by atoms with Gasteiger partial charge in [-0.15, -0.1) is 0 Å². The van der Waals surface area contributed by atoms with Gasteiger partial charge in [-0.05, 0) is 59.5 Å². The summed E-state index contributed by atoms with van der Waals surface area (Å²) in [7, 11) is 0. The topological polar surface area (TPSA) is 22.2 Å². The second-order valence-electron chi connectivity index (χ2n) is 13.5. The van der Waals surface area contributed by atoms with Gasteiger partial charge in [-0.2, -0.15) is 0 Å². The third-order valence-corrected chi connectivity index (χ3v) is 10.6. The summed E-state index contributed by atoms with van der Waals surface area (Å²) in [6.45, 7) is 0. The summed E-state index contributed by atoms with van der Waals surface area (Å²) in [5, 5.41) is 5.17. The molecule has 0 spiro atoms. The Bertz CT molecular complexity index is 2700. The molecular formula is C47H35N3. The van der Waals surface area contributed by atoms with E-state index in [2.05, 4.69) is 185 Å². The molecule has 0 amide bonds. The van der Waals surface area contributed by atoms with E-state index in [1.807, 2.05) is 0 Å². The standard InChI is InChI=1S/C47H35N3/c1-4-15-32(16-5-1)42-28-35(29-43(48-42)33-17-6-2-7-18-33)34-19-14-22-37(27-34)50-45-26-13-11-24-39(45)41-30-40-38-23-10-12-25-44(38)49(46(40)31-47(41)50)36-20-8-3-9-21-36/h1-20,22-28,30-31,35-36H,21,29H2. The van der Waals surface area contributed by atoms with Crippen molar-refractivity contribution in [1.29, 1.82) is 0 Å². The van der Waals surface area contributed by atoms with Crippen LogP contribution in [0.15, 0.2) is 181 Å². The maximum atomic E-state index is 5.21. The van der Waals surface area contributed by atoms with Crippen molar-refractivity contribution in [3.63, 3.8) is 0 Å². The van der Waals surface area contributed by atoms with E-state index in [-0.39, 0.29) is 12.0 Å². The Balaban J connectivity index is 1.17. The van der Waals surface area contributed by atoms with Gasteiger partial charge in [-0.3, -0.25) is 4.99 Å². The van der Waals surface area contributed by atoms with Gasteiger partial charge >= 0.3 is 0 Å². The average Bonchev–Trinajstić information content (AvgIpc) is 3.70. The Hall–Kier alpha value is -6.19. The number of nitrogens with zero attached hydrogens (tertiary/aromatic N) is 3. The number of aliphatic imine (C=N–C) groups is 1. The predicted octanol–water partition coefficient (Wildman–Crippen LogP) is 12.0. The highest BCUT2D eigenvalue weighted by Gasteiger charge is 2.23. The van der Waals surface area contributed by atoms with Crippen molar-refractivity contribution in [3.8, 4) is 5.69 Å². The van der Waals surface area contributed by atoms with Crippen LogP contribution in [0.2, 0.25) is 0 Å². The van der Waals surface area contributed by atoms with Gasteiger partial charge in [-0.1, -0.05) is 140 Å². The molecule has 3 heteroatoms. The number of hydrogen-bond acceptors (Lipinski definition) is 1. The van der Waals surface area contributed by atoms with E-state index in [0.717, 1.165) is 29.8 Å². The van der Waals surface area contributed by atoms with Crippen LogP contribution in [0.5, 0.6) is 0 Å². The van der Waals surface area contributed by atoms with Gasteiger partial charge in [0.05, 0.1) is 28.3 Å². The molecule has 2 atom stereocenters. The monoisotopic (exact) mass is 641 g/mol. The lowest BCUT2D eigenvalue weighted by Crippen LogP contribution is -2.12. The van der Waals surface area contributed by atoms with E-state index in [0.29, 0.717) is 0 Å². The molecule has 3 heterocycles. The maximum Gasteiger partial charge on any atom is 0.0671 e. The van der Waals surface area contributed by atoms with Gasteiger partial charge in [0, 0.05) is 50.8 Å². The van der Waals surface area contributed by atoms with Crippen LogP contribution in [0, 0.1) is 0 Å². The van der Waals surface area contributed by atoms with Crippen LogP contribution >= 0.6 is 0 Å².